The van der Waals surface area contributed by atoms with Crippen molar-refractivity contribution >= 4 is 16.7 Å². The molecule has 0 unspecified atom stereocenters. The maximum absolute atomic E-state index is 12.4. The number of aromatic nitrogens is 2. The summed E-state index contributed by atoms with van der Waals surface area (Å²) < 4.78 is 2.65. The minimum absolute atomic E-state index is 0.0653. The van der Waals surface area contributed by atoms with Gasteiger partial charge in [-0.3, -0.25) is 4.79 Å². The highest BCUT2D eigenvalue weighted by atomic mass is 16.5. The molecular weight excluding hydrogens is 264 g/mol. The van der Waals surface area contributed by atoms with E-state index >= 15 is 0 Å². The molecule has 4 nitrogen and oxygen atoms in total. The molecule has 2 heterocycles. The number of hydrogen-bond donors (Lipinski definition) is 0. The van der Waals surface area contributed by atoms with Crippen molar-refractivity contribution in [2.45, 2.75) is 13.8 Å². The number of para-hydroxylation sites is 1. The number of ketones is 1. The molecule has 0 N–H and O–H groups in total. The lowest BCUT2D eigenvalue weighted by Gasteiger charge is -2.04. The average Bonchev–Trinajstić information content (AvgIpc) is 2.86. The number of nitrogens with zero attached hydrogens (tertiary/aromatic N) is 2. The molecule has 0 saturated carbocycles. The van der Waals surface area contributed by atoms with Gasteiger partial charge in [0.15, 0.2) is 12.0 Å². The summed E-state index contributed by atoms with van der Waals surface area (Å²) in [6.07, 6.45) is 4.76. The van der Waals surface area contributed by atoms with Crippen LogP contribution in [0.15, 0.2) is 55.0 Å². The summed E-state index contributed by atoms with van der Waals surface area (Å²) in [5.74, 6) is 0.0420. The Morgan fingerprint density at radius 1 is 1.19 bits per heavy atom. The molecule has 0 spiro atoms. The second-order valence-corrected chi connectivity index (χ2v) is 5.37. The minimum atomic E-state index is -0.0653. The van der Waals surface area contributed by atoms with E-state index in [0.717, 1.165) is 21.3 Å². The van der Waals surface area contributed by atoms with E-state index in [9.17, 15) is 10.0 Å². The molecule has 106 valence electrons. The zero-order chi connectivity index (χ0) is 15.0. The summed E-state index contributed by atoms with van der Waals surface area (Å²) >= 11 is 0. The Morgan fingerprint density at radius 3 is 2.67 bits per heavy atom. The number of Topliss-reactive ketones (excluding diaryl/α,β-unsaturated/α-hetero) is 1. The second kappa shape index (κ2) is 5.05. The van der Waals surface area contributed by atoms with Crippen molar-refractivity contribution in [3.8, 4) is 5.69 Å². The quantitative estimate of drug-likeness (QED) is 0.420. The molecule has 0 amide bonds. The highest BCUT2D eigenvalue weighted by molar-refractivity contribution is 6.09. The third kappa shape index (κ3) is 2.29. The van der Waals surface area contributed by atoms with Crippen molar-refractivity contribution < 1.29 is 9.52 Å². The van der Waals surface area contributed by atoms with Crippen LogP contribution >= 0.6 is 0 Å². The van der Waals surface area contributed by atoms with E-state index in [4.69, 9.17) is 0 Å². The van der Waals surface area contributed by atoms with Crippen molar-refractivity contribution in [2.75, 3.05) is 0 Å². The molecule has 0 aliphatic carbocycles. The highest BCUT2D eigenvalue weighted by Gasteiger charge is 2.18. The predicted molar refractivity (Wildman–Crippen MR) is 81.4 cm³/mol. The summed E-state index contributed by atoms with van der Waals surface area (Å²) in [4.78, 5) is 12.4. The third-order valence-corrected chi connectivity index (χ3v) is 3.54. The minimum Gasteiger partial charge on any atom is -0.619 e. The van der Waals surface area contributed by atoms with E-state index in [2.05, 4.69) is 0 Å². The maximum atomic E-state index is 12.4. The molecule has 3 rings (SSSR count). The SMILES string of the molecule is CC(C)C(=O)c1cn(-c2ccc[n+]([O-])c2)c2ccccc12. The summed E-state index contributed by atoms with van der Waals surface area (Å²) in [6, 6.07) is 11.3. The van der Waals surface area contributed by atoms with Crippen molar-refractivity contribution in [1.29, 1.82) is 0 Å². The lowest BCUT2D eigenvalue weighted by atomic mass is 10.0. The predicted octanol–water partition coefficient (Wildman–Crippen LogP) is 3.10. The standard InChI is InChI=1S/C17H16N2O2/c1-12(2)17(20)15-11-19(13-6-5-9-18(21)10-13)16-8-4-3-7-14(15)16/h3-12H,1-2H3. The molecule has 0 bridgehead atoms. The molecule has 0 fully saturated rings. The Labute approximate surface area is 122 Å². The fourth-order valence-corrected chi connectivity index (χ4v) is 2.49. The van der Waals surface area contributed by atoms with Crippen LogP contribution in [0.1, 0.15) is 24.2 Å². The fraction of sp³-hybridized carbons (Fsp3) is 0.176. The van der Waals surface area contributed by atoms with Crippen LogP contribution in [0.5, 0.6) is 0 Å². The Hall–Kier alpha value is -2.62. The first-order chi connectivity index (χ1) is 10.1. The first-order valence-corrected chi connectivity index (χ1v) is 6.91. The van der Waals surface area contributed by atoms with Crippen LogP contribution in [-0.4, -0.2) is 10.4 Å². The van der Waals surface area contributed by atoms with Gasteiger partial charge in [-0.1, -0.05) is 32.0 Å². The van der Waals surface area contributed by atoms with Gasteiger partial charge in [0.25, 0.3) is 0 Å². The van der Waals surface area contributed by atoms with Crippen molar-refractivity contribution in [2.24, 2.45) is 5.92 Å². The van der Waals surface area contributed by atoms with Crippen LogP contribution in [0.25, 0.3) is 16.6 Å². The van der Waals surface area contributed by atoms with Crippen molar-refractivity contribution in [1.82, 2.24) is 4.57 Å². The summed E-state index contributed by atoms with van der Waals surface area (Å²) in [5, 5.41) is 12.4. The second-order valence-electron chi connectivity index (χ2n) is 5.37. The van der Waals surface area contributed by atoms with Gasteiger partial charge in [-0.2, -0.15) is 4.73 Å². The van der Waals surface area contributed by atoms with E-state index in [1.54, 1.807) is 6.07 Å². The van der Waals surface area contributed by atoms with Crippen LogP contribution in [0.3, 0.4) is 0 Å². The summed E-state index contributed by atoms with van der Waals surface area (Å²) in [6.45, 7) is 3.78. The van der Waals surface area contributed by atoms with Crippen LogP contribution in [0.2, 0.25) is 0 Å². The van der Waals surface area contributed by atoms with Gasteiger partial charge in [0.1, 0.15) is 5.69 Å². The first-order valence-electron chi connectivity index (χ1n) is 6.91. The molecular formula is C17H16N2O2. The zero-order valence-corrected chi connectivity index (χ0v) is 12.0. The number of pyridine rings is 1. The third-order valence-electron chi connectivity index (χ3n) is 3.54. The van der Waals surface area contributed by atoms with E-state index in [1.165, 1.54) is 12.4 Å². The maximum Gasteiger partial charge on any atom is 0.204 e. The molecule has 0 atom stereocenters. The molecule has 21 heavy (non-hydrogen) atoms. The van der Waals surface area contributed by atoms with Gasteiger partial charge in [0.05, 0.1) is 5.52 Å². The number of carbonyl (C=O) groups is 1. The van der Waals surface area contributed by atoms with E-state index in [0.29, 0.717) is 5.56 Å². The van der Waals surface area contributed by atoms with Gasteiger partial charge in [-0.15, -0.1) is 0 Å². The molecule has 0 aliphatic rings. The van der Waals surface area contributed by atoms with Gasteiger partial charge in [0, 0.05) is 29.1 Å². The largest absolute Gasteiger partial charge is 0.619 e. The highest BCUT2D eigenvalue weighted by Crippen LogP contribution is 2.26. The number of rotatable bonds is 3. The van der Waals surface area contributed by atoms with Crippen LogP contribution < -0.4 is 4.73 Å². The average molecular weight is 280 g/mol. The van der Waals surface area contributed by atoms with Crippen LogP contribution in [0, 0.1) is 11.1 Å². The number of benzene rings is 1. The lowest BCUT2D eigenvalue weighted by molar-refractivity contribution is -0.605. The van der Waals surface area contributed by atoms with Crippen molar-refractivity contribution in [3.63, 3.8) is 0 Å². The number of hydrogen-bond acceptors (Lipinski definition) is 2. The molecule has 3 aromatic rings. The fourth-order valence-electron chi connectivity index (χ4n) is 2.49. The molecule has 0 aliphatic heterocycles. The van der Waals surface area contributed by atoms with Gasteiger partial charge in [-0.25, -0.2) is 0 Å². The number of carbonyl (C=O) groups excluding carboxylic acids is 1. The van der Waals surface area contributed by atoms with Gasteiger partial charge < -0.3 is 9.77 Å². The molecule has 1 aromatic carbocycles. The Kier molecular flexibility index (Phi) is 3.22. The summed E-state index contributed by atoms with van der Waals surface area (Å²) in [5.41, 5.74) is 2.36. The topological polar surface area (TPSA) is 48.9 Å². The molecule has 0 radical (unpaired) electrons. The summed E-state index contributed by atoms with van der Waals surface area (Å²) in [7, 11) is 0. The monoisotopic (exact) mass is 280 g/mol. The Bertz CT molecular complexity index is 819. The Balaban J connectivity index is 2.27. The Morgan fingerprint density at radius 2 is 1.95 bits per heavy atom. The van der Waals surface area contributed by atoms with Crippen LogP contribution in [-0.2, 0) is 0 Å². The molecule has 4 heteroatoms. The molecule has 0 saturated heterocycles. The van der Waals surface area contributed by atoms with Crippen LogP contribution in [0.4, 0.5) is 0 Å². The normalized spacial score (nSPS) is 11.2. The van der Waals surface area contributed by atoms with Gasteiger partial charge in [0.2, 0.25) is 6.20 Å². The van der Waals surface area contributed by atoms with Gasteiger partial charge >= 0.3 is 0 Å². The first kappa shape index (κ1) is 13.4. The van der Waals surface area contributed by atoms with E-state index in [-0.39, 0.29) is 11.7 Å². The molecule has 2 aromatic heterocycles. The number of fused-ring (bicyclic) bond motifs is 1. The smallest absolute Gasteiger partial charge is 0.204 e. The zero-order valence-electron chi connectivity index (χ0n) is 12.0. The van der Waals surface area contributed by atoms with E-state index < -0.39 is 0 Å². The van der Waals surface area contributed by atoms with Gasteiger partial charge in [-0.05, 0) is 12.1 Å². The van der Waals surface area contributed by atoms with E-state index in [1.807, 2.05) is 54.9 Å². The lowest BCUT2D eigenvalue weighted by Crippen LogP contribution is -2.24. The van der Waals surface area contributed by atoms with Crippen molar-refractivity contribution in [3.05, 3.63) is 65.8 Å².